The highest BCUT2D eigenvalue weighted by molar-refractivity contribution is 14.0. The van der Waals surface area contributed by atoms with Crippen LogP contribution in [-0.4, -0.2) is 50.0 Å². The molecular formula is C22H32IN5OS. The second-order valence-corrected chi connectivity index (χ2v) is 8.25. The van der Waals surface area contributed by atoms with Gasteiger partial charge in [0.15, 0.2) is 5.96 Å². The zero-order valence-corrected chi connectivity index (χ0v) is 21.1. The average Bonchev–Trinajstić information content (AvgIpc) is 3.29. The number of guanidine groups is 1. The number of hydrogen-bond acceptors (Lipinski definition) is 4. The number of nitrogens with one attached hydrogen (secondary N) is 2. The lowest BCUT2D eigenvalue weighted by Gasteiger charge is -2.37. The minimum absolute atomic E-state index is 0. The molecular weight excluding hydrogens is 509 g/mol. The molecule has 1 saturated heterocycles. The summed E-state index contributed by atoms with van der Waals surface area (Å²) in [5.41, 5.74) is 1.96. The lowest BCUT2D eigenvalue weighted by molar-refractivity contribution is -0.119. The first kappa shape index (κ1) is 24.5. The number of thiophene rings is 1. The molecule has 2 N–H and O–H groups in total. The van der Waals surface area contributed by atoms with Gasteiger partial charge in [-0.2, -0.15) is 0 Å². The predicted octanol–water partition coefficient (Wildman–Crippen LogP) is 4.25. The summed E-state index contributed by atoms with van der Waals surface area (Å²) in [4.78, 5) is 21.3. The van der Waals surface area contributed by atoms with Crippen LogP contribution in [0.25, 0.3) is 0 Å². The van der Waals surface area contributed by atoms with Crippen molar-refractivity contribution in [2.45, 2.75) is 26.8 Å². The van der Waals surface area contributed by atoms with E-state index in [0.29, 0.717) is 6.54 Å². The van der Waals surface area contributed by atoms with Crippen LogP contribution < -0.4 is 15.5 Å². The first-order valence-corrected chi connectivity index (χ1v) is 11.1. The Morgan fingerprint density at radius 1 is 1.20 bits per heavy atom. The van der Waals surface area contributed by atoms with Crippen molar-refractivity contribution in [1.82, 2.24) is 10.2 Å². The Kier molecular flexibility index (Phi) is 9.90. The number of carbonyl (C=O) groups is 1. The molecule has 0 aliphatic carbocycles. The van der Waals surface area contributed by atoms with E-state index in [1.54, 1.807) is 11.3 Å². The highest BCUT2D eigenvalue weighted by Crippen LogP contribution is 2.22. The second-order valence-electron chi connectivity index (χ2n) is 7.33. The van der Waals surface area contributed by atoms with E-state index in [1.807, 2.05) is 39.1 Å². The maximum absolute atomic E-state index is 12.1. The van der Waals surface area contributed by atoms with Gasteiger partial charge in [-0.3, -0.25) is 9.79 Å². The van der Waals surface area contributed by atoms with Crippen molar-refractivity contribution < 1.29 is 4.79 Å². The summed E-state index contributed by atoms with van der Waals surface area (Å²) in [6.45, 7) is 8.53. The van der Waals surface area contributed by atoms with E-state index in [-0.39, 0.29) is 35.8 Å². The topological polar surface area (TPSA) is 60.0 Å². The van der Waals surface area contributed by atoms with Crippen molar-refractivity contribution in [2.24, 2.45) is 10.9 Å². The van der Waals surface area contributed by atoms with E-state index in [4.69, 9.17) is 0 Å². The smallest absolute Gasteiger partial charge is 0.227 e. The SMILES string of the molecule is CCC(C)C(=O)Nc1cccc(CNC(=NC)N2CCN(c3cccs3)CC2)c1.I. The first-order chi connectivity index (χ1) is 14.1. The van der Waals surface area contributed by atoms with Crippen LogP contribution in [0.2, 0.25) is 0 Å². The fraction of sp³-hybridized carbons (Fsp3) is 0.455. The Morgan fingerprint density at radius 3 is 2.60 bits per heavy atom. The zero-order valence-electron chi connectivity index (χ0n) is 17.9. The van der Waals surface area contributed by atoms with Gasteiger partial charge in [0, 0.05) is 51.4 Å². The molecule has 1 aliphatic heterocycles. The van der Waals surface area contributed by atoms with Crippen molar-refractivity contribution in [3.05, 3.63) is 47.3 Å². The van der Waals surface area contributed by atoms with Crippen LogP contribution in [0.5, 0.6) is 0 Å². The van der Waals surface area contributed by atoms with E-state index in [9.17, 15) is 4.79 Å². The molecule has 1 unspecified atom stereocenters. The summed E-state index contributed by atoms with van der Waals surface area (Å²) in [5.74, 6) is 1.00. The number of hydrogen-bond donors (Lipinski definition) is 2. The fourth-order valence-electron chi connectivity index (χ4n) is 3.31. The number of carbonyl (C=O) groups excluding carboxylic acids is 1. The van der Waals surface area contributed by atoms with Crippen LogP contribution in [0, 0.1) is 5.92 Å². The van der Waals surface area contributed by atoms with Crippen molar-refractivity contribution in [1.29, 1.82) is 0 Å². The fourth-order valence-corrected chi connectivity index (χ4v) is 4.10. The zero-order chi connectivity index (χ0) is 20.6. The molecule has 164 valence electrons. The number of aliphatic imine (C=N–C) groups is 1. The molecule has 1 atom stereocenters. The molecule has 2 aromatic rings. The van der Waals surface area contributed by atoms with Crippen molar-refractivity contribution in [3.63, 3.8) is 0 Å². The van der Waals surface area contributed by atoms with Crippen LogP contribution in [0.1, 0.15) is 25.8 Å². The largest absolute Gasteiger partial charge is 0.360 e. The lowest BCUT2D eigenvalue weighted by Crippen LogP contribution is -2.52. The van der Waals surface area contributed by atoms with Crippen LogP contribution in [0.15, 0.2) is 46.8 Å². The first-order valence-electron chi connectivity index (χ1n) is 10.2. The summed E-state index contributed by atoms with van der Waals surface area (Å²) < 4.78 is 0. The van der Waals surface area contributed by atoms with Gasteiger partial charge >= 0.3 is 0 Å². The highest BCUT2D eigenvalue weighted by Gasteiger charge is 2.20. The van der Waals surface area contributed by atoms with Gasteiger partial charge in [-0.25, -0.2) is 0 Å². The Labute approximate surface area is 200 Å². The van der Waals surface area contributed by atoms with Gasteiger partial charge in [0.25, 0.3) is 0 Å². The molecule has 6 nitrogen and oxygen atoms in total. The summed E-state index contributed by atoms with van der Waals surface area (Å²) >= 11 is 1.79. The summed E-state index contributed by atoms with van der Waals surface area (Å²) in [7, 11) is 1.83. The van der Waals surface area contributed by atoms with Crippen molar-refractivity contribution in [2.75, 3.05) is 43.4 Å². The number of benzene rings is 1. The quantitative estimate of drug-likeness (QED) is 0.326. The Morgan fingerprint density at radius 2 is 1.97 bits per heavy atom. The highest BCUT2D eigenvalue weighted by atomic mass is 127. The van der Waals surface area contributed by atoms with Gasteiger partial charge < -0.3 is 20.4 Å². The molecule has 2 heterocycles. The number of amides is 1. The van der Waals surface area contributed by atoms with Crippen LogP contribution in [0.4, 0.5) is 10.7 Å². The molecule has 8 heteroatoms. The third-order valence-corrected chi connectivity index (χ3v) is 6.24. The molecule has 0 radical (unpaired) electrons. The number of rotatable bonds is 6. The monoisotopic (exact) mass is 541 g/mol. The molecule has 1 aromatic heterocycles. The summed E-state index contributed by atoms with van der Waals surface area (Å²) in [6, 6.07) is 12.3. The van der Waals surface area contributed by atoms with E-state index in [2.05, 4.69) is 49.0 Å². The third kappa shape index (κ3) is 6.60. The number of nitrogens with zero attached hydrogens (tertiary/aromatic N) is 3. The van der Waals surface area contributed by atoms with E-state index in [0.717, 1.165) is 49.8 Å². The number of anilines is 2. The lowest BCUT2D eigenvalue weighted by atomic mass is 10.1. The van der Waals surface area contributed by atoms with Crippen molar-refractivity contribution >= 4 is 57.9 Å². The average molecular weight is 542 g/mol. The van der Waals surface area contributed by atoms with Crippen LogP contribution in [0.3, 0.4) is 0 Å². The van der Waals surface area contributed by atoms with Gasteiger partial charge in [-0.05, 0) is 41.6 Å². The van der Waals surface area contributed by atoms with E-state index >= 15 is 0 Å². The normalized spacial score (nSPS) is 15.4. The Balaban J connectivity index is 0.00000320. The maximum Gasteiger partial charge on any atom is 0.227 e. The van der Waals surface area contributed by atoms with Gasteiger partial charge in [-0.15, -0.1) is 35.3 Å². The number of piperazine rings is 1. The summed E-state index contributed by atoms with van der Waals surface area (Å²) in [5, 5.41) is 9.93. The molecule has 0 saturated carbocycles. The summed E-state index contributed by atoms with van der Waals surface area (Å²) in [6.07, 6.45) is 0.836. The number of halogens is 1. The van der Waals surface area contributed by atoms with Gasteiger partial charge in [0.1, 0.15) is 0 Å². The predicted molar refractivity (Wildman–Crippen MR) is 138 cm³/mol. The van der Waals surface area contributed by atoms with Crippen molar-refractivity contribution in [3.8, 4) is 0 Å². The maximum atomic E-state index is 12.1. The minimum atomic E-state index is 0. The molecule has 3 rings (SSSR count). The standard InChI is InChI=1S/C22H31N5OS.HI/c1-4-17(2)21(28)25-19-8-5-7-18(15-19)16-24-22(23-3)27-12-10-26(11-13-27)20-9-6-14-29-20;/h5-9,14-15,17H,4,10-13,16H2,1-3H3,(H,23,24)(H,25,28);1H. The molecule has 1 aromatic carbocycles. The molecule has 1 fully saturated rings. The molecule has 1 aliphatic rings. The molecule has 0 bridgehead atoms. The minimum Gasteiger partial charge on any atom is -0.360 e. The van der Waals surface area contributed by atoms with Gasteiger partial charge in [0.05, 0.1) is 5.00 Å². The van der Waals surface area contributed by atoms with Crippen LogP contribution in [-0.2, 0) is 11.3 Å². The molecule has 1 amide bonds. The Hall–Kier alpha value is -1.81. The second kappa shape index (κ2) is 12.1. The van der Waals surface area contributed by atoms with Crippen LogP contribution >= 0.6 is 35.3 Å². The third-order valence-electron chi connectivity index (χ3n) is 5.31. The van der Waals surface area contributed by atoms with E-state index < -0.39 is 0 Å². The van der Waals surface area contributed by atoms with E-state index in [1.165, 1.54) is 5.00 Å². The van der Waals surface area contributed by atoms with Gasteiger partial charge in [-0.1, -0.05) is 26.0 Å². The van der Waals surface area contributed by atoms with Gasteiger partial charge in [0.2, 0.25) is 5.91 Å². The molecule has 30 heavy (non-hydrogen) atoms. The molecule has 0 spiro atoms. The Bertz CT molecular complexity index is 819.